The Morgan fingerprint density at radius 3 is 2.48 bits per heavy atom. The Morgan fingerprint density at radius 2 is 1.95 bits per heavy atom. The minimum Gasteiger partial charge on any atom is -0.480 e. The molecule has 0 bridgehead atoms. The molecule has 5 nitrogen and oxygen atoms in total. The number of carbonyl (C=O) groups is 1. The molecule has 116 valence electrons. The molecule has 1 unspecified atom stereocenters. The second kappa shape index (κ2) is 5.77. The highest BCUT2D eigenvalue weighted by atomic mass is 32.2. The van der Waals surface area contributed by atoms with Gasteiger partial charge in [0.1, 0.15) is 5.54 Å². The number of nitrogens with zero attached hydrogens (tertiary/aromatic N) is 1. The number of carboxylic acids is 1. The maximum Gasteiger partial charge on any atom is 0.324 e. The summed E-state index contributed by atoms with van der Waals surface area (Å²) in [5.41, 5.74) is -0.264. The Balaban J connectivity index is 2.35. The van der Waals surface area contributed by atoms with Gasteiger partial charge < -0.3 is 5.11 Å². The van der Waals surface area contributed by atoms with Gasteiger partial charge in [-0.25, -0.2) is 8.42 Å². The number of hydrogen-bond donors (Lipinski definition) is 1. The molecular weight excluding hydrogens is 290 g/mol. The van der Waals surface area contributed by atoms with Crippen LogP contribution >= 0.6 is 0 Å². The molecule has 0 aliphatic carbocycles. The summed E-state index contributed by atoms with van der Waals surface area (Å²) < 4.78 is 26.5. The highest BCUT2D eigenvalue weighted by Gasteiger charge is 2.49. The van der Waals surface area contributed by atoms with E-state index in [0.717, 1.165) is 22.7 Å². The first-order chi connectivity index (χ1) is 9.82. The molecular formula is C15H21NO4S. The average molecular weight is 311 g/mol. The van der Waals surface area contributed by atoms with Crippen LogP contribution in [0.2, 0.25) is 0 Å². The fourth-order valence-electron chi connectivity index (χ4n) is 2.78. The van der Waals surface area contributed by atoms with Crippen LogP contribution in [0.5, 0.6) is 0 Å². The van der Waals surface area contributed by atoms with Gasteiger partial charge in [0.25, 0.3) is 0 Å². The molecule has 21 heavy (non-hydrogen) atoms. The molecule has 1 aromatic carbocycles. The Morgan fingerprint density at radius 1 is 1.33 bits per heavy atom. The predicted octanol–water partition coefficient (Wildman–Crippen LogP) is 2.27. The Hall–Kier alpha value is -1.40. The lowest BCUT2D eigenvalue weighted by Gasteiger charge is -2.30. The zero-order valence-electron chi connectivity index (χ0n) is 12.4. The summed E-state index contributed by atoms with van der Waals surface area (Å²) in [6.07, 6.45) is 2.80. The van der Waals surface area contributed by atoms with Crippen molar-refractivity contribution < 1.29 is 18.3 Å². The second-order valence-electron chi connectivity index (χ2n) is 5.65. The van der Waals surface area contributed by atoms with E-state index in [1.807, 2.05) is 0 Å². The van der Waals surface area contributed by atoms with E-state index < -0.39 is 21.5 Å². The van der Waals surface area contributed by atoms with Gasteiger partial charge in [-0.1, -0.05) is 25.5 Å². The van der Waals surface area contributed by atoms with Crippen LogP contribution in [0, 0.1) is 0 Å². The number of aryl methyl sites for hydroxylation is 1. The number of sulfonamides is 1. The van der Waals surface area contributed by atoms with Crippen molar-refractivity contribution in [3.05, 3.63) is 29.8 Å². The first-order valence-corrected chi connectivity index (χ1v) is 8.61. The Kier molecular flexibility index (Phi) is 4.39. The fourth-order valence-corrected chi connectivity index (χ4v) is 4.59. The maximum absolute atomic E-state index is 12.7. The van der Waals surface area contributed by atoms with Crippen molar-refractivity contribution in [3.63, 3.8) is 0 Å². The quantitative estimate of drug-likeness (QED) is 0.905. The SMILES string of the molecule is CCCc1ccc(S(=O)(=O)N2CCCC2(C)C(=O)O)cc1. The van der Waals surface area contributed by atoms with E-state index >= 15 is 0 Å². The summed E-state index contributed by atoms with van der Waals surface area (Å²) >= 11 is 0. The van der Waals surface area contributed by atoms with E-state index in [9.17, 15) is 18.3 Å². The molecule has 1 fully saturated rings. The van der Waals surface area contributed by atoms with Crippen LogP contribution in [0.25, 0.3) is 0 Å². The zero-order chi connectivity index (χ0) is 15.7. The summed E-state index contributed by atoms with van der Waals surface area (Å²) in [7, 11) is -3.77. The van der Waals surface area contributed by atoms with Gasteiger partial charge in [-0.05, 0) is 43.9 Å². The van der Waals surface area contributed by atoms with Crippen LogP contribution in [0.3, 0.4) is 0 Å². The monoisotopic (exact) mass is 311 g/mol. The molecule has 2 rings (SSSR count). The number of carboxylic acid groups (broad SMARTS) is 1. The van der Waals surface area contributed by atoms with Gasteiger partial charge in [0.15, 0.2) is 0 Å². The minimum absolute atomic E-state index is 0.164. The van der Waals surface area contributed by atoms with Crippen LogP contribution in [0.1, 0.15) is 38.7 Å². The van der Waals surface area contributed by atoms with E-state index in [2.05, 4.69) is 6.92 Å². The summed E-state index contributed by atoms with van der Waals surface area (Å²) in [5.74, 6) is -1.09. The molecule has 1 atom stereocenters. The molecule has 1 aliphatic rings. The summed E-state index contributed by atoms with van der Waals surface area (Å²) in [6, 6.07) is 6.73. The van der Waals surface area contributed by atoms with Gasteiger partial charge in [0.2, 0.25) is 10.0 Å². The van der Waals surface area contributed by atoms with Gasteiger partial charge in [-0.2, -0.15) is 4.31 Å². The predicted molar refractivity (Wildman–Crippen MR) is 79.6 cm³/mol. The number of aliphatic carboxylic acids is 1. The summed E-state index contributed by atoms with van der Waals surface area (Å²) in [6.45, 7) is 3.79. The van der Waals surface area contributed by atoms with Crippen LogP contribution < -0.4 is 0 Å². The van der Waals surface area contributed by atoms with Crippen LogP contribution in [-0.2, 0) is 21.2 Å². The van der Waals surface area contributed by atoms with E-state index in [1.54, 1.807) is 24.3 Å². The molecule has 1 saturated heterocycles. The van der Waals surface area contributed by atoms with E-state index in [-0.39, 0.29) is 11.4 Å². The van der Waals surface area contributed by atoms with Gasteiger partial charge in [0, 0.05) is 6.54 Å². The Labute approximate surface area is 125 Å². The van der Waals surface area contributed by atoms with Crippen molar-refractivity contribution in [1.82, 2.24) is 4.31 Å². The lowest BCUT2D eigenvalue weighted by Crippen LogP contribution is -2.50. The van der Waals surface area contributed by atoms with Crippen molar-refractivity contribution in [2.45, 2.75) is 50.0 Å². The van der Waals surface area contributed by atoms with Gasteiger partial charge in [0.05, 0.1) is 4.90 Å². The number of benzene rings is 1. The van der Waals surface area contributed by atoms with Crippen molar-refractivity contribution in [3.8, 4) is 0 Å². The molecule has 0 amide bonds. The first kappa shape index (κ1) is 16.0. The highest BCUT2D eigenvalue weighted by Crippen LogP contribution is 2.34. The first-order valence-electron chi connectivity index (χ1n) is 7.17. The van der Waals surface area contributed by atoms with Crippen LogP contribution in [0.15, 0.2) is 29.2 Å². The lowest BCUT2D eigenvalue weighted by molar-refractivity contribution is -0.146. The van der Waals surface area contributed by atoms with Gasteiger partial charge in [-0.15, -0.1) is 0 Å². The molecule has 0 aromatic heterocycles. The van der Waals surface area contributed by atoms with E-state index in [0.29, 0.717) is 12.8 Å². The highest BCUT2D eigenvalue weighted by molar-refractivity contribution is 7.89. The summed E-state index contributed by atoms with van der Waals surface area (Å²) in [5, 5.41) is 9.36. The lowest BCUT2D eigenvalue weighted by atomic mass is 10.0. The van der Waals surface area contributed by atoms with E-state index in [4.69, 9.17) is 0 Å². The zero-order valence-corrected chi connectivity index (χ0v) is 13.2. The van der Waals surface area contributed by atoms with Crippen molar-refractivity contribution in [2.75, 3.05) is 6.54 Å². The van der Waals surface area contributed by atoms with Gasteiger partial charge in [-0.3, -0.25) is 4.79 Å². The topological polar surface area (TPSA) is 74.7 Å². The maximum atomic E-state index is 12.7. The Bertz CT molecular complexity index is 624. The third-order valence-corrected chi connectivity index (χ3v) is 6.12. The van der Waals surface area contributed by atoms with Crippen molar-refractivity contribution in [2.24, 2.45) is 0 Å². The van der Waals surface area contributed by atoms with Crippen LogP contribution in [-0.4, -0.2) is 35.9 Å². The number of hydrogen-bond acceptors (Lipinski definition) is 3. The third-order valence-electron chi connectivity index (χ3n) is 4.09. The van der Waals surface area contributed by atoms with E-state index in [1.165, 1.54) is 6.92 Å². The fraction of sp³-hybridized carbons (Fsp3) is 0.533. The average Bonchev–Trinajstić information content (AvgIpc) is 2.84. The molecule has 1 aliphatic heterocycles. The summed E-state index contributed by atoms with van der Waals surface area (Å²) in [4.78, 5) is 11.6. The molecule has 1 aromatic rings. The number of rotatable bonds is 5. The van der Waals surface area contributed by atoms with Crippen LogP contribution in [0.4, 0.5) is 0 Å². The van der Waals surface area contributed by atoms with Crippen molar-refractivity contribution >= 4 is 16.0 Å². The second-order valence-corrected chi connectivity index (χ2v) is 7.52. The normalized spacial score (nSPS) is 23.3. The standard InChI is InChI=1S/C15H21NO4S/c1-3-5-12-6-8-13(9-7-12)21(19,20)16-11-4-10-15(16,2)14(17)18/h6-9H,3-5,10-11H2,1-2H3,(H,17,18). The molecule has 1 N–H and O–H groups in total. The van der Waals surface area contributed by atoms with Gasteiger partial charge >= 0.3 is 5.97 Å². The molecule has 0 saturated carbocycles. The smallest absolute Gasteiger partial charge is 0.324 e. The minimum atomic E-state index is -3.77. The molecule has 0 spiro atoms. The molecule has 0 radical (unpaired) electrons. The molecule has 6 heteroatoms. The van der Waals surface area contributed by atoms with Crippen molar-refractivity contribution in [1.29, 1.82) is 0 Å². The largest absolute Gasteiger partial charge is 0.480 e. The molecule has 1 heterocycles. The third kappa shape index (κ3) is 2.82.